The van der Waals surface area contributed by atoms with Crippen LogP contribution >= 0.6 is 11.6 Å². The molecule has 2 aromatic heterocycles. The first-order valence-corrected chi connectivity index (χ1v) is 12.4. The Morgan fingerprint density at radius 1 is 1.35 bits per heavy atom. The molecular formula is C26H23ClFN3O6. The Balaban J connectivity index is 1.65. The number of fused-ring (bicyclic) bond motifs is 5. The summed E-state index contributed by atoms with van der Waals surface area (Å²) >= 11 is 6.34. The van der Waals surface area contributed by atoms with E-state index >= 15 is 0 Å². The number of nitrogens with one attached hydrogen (secondary N) is 1. The number of aromatic nitrogens is 2. The molecule has 0 saturated carbocycles. The number of halogens is 2. The molecule has 6 rings (SSSR count). The van der Waals surface area contributed by atoms with E-state index < -0.39 is 41.0 Å². The molecule has 0 bridgehead atoms. The molecule has 1 amide bonds. The largest absolute Gasteiger partial charge is 0.458 e. The van der Waals surface area contributed by atoms with Crippen molar-refractivity contribution < 1.29 is 28.9 Å². The van der Waals surface area contributed by atoms with Crippen molar-refractivity contribution in [3.63, 3.8) is 0 Å². The van der Waals surface area contributed by atoms with Crippen LogP contribution in [0.15, 0.2) is 16.9 Å². The van der Waals surface area contributed by atoms with Crippen LogP contribution in [0, 0.1) is 5.82 Å². The van der Waals surface area contributed by atoms with Crippen molar-refractivity contribution >= 4 is 34.4 Å². The molecule has 9 nitrogen and oxygen atoms in total. The monoisotopic (exact) mass is 527 g/mol. The van der Waals surface area contributed by atoms with Crippen LogP contribution in [-0.4, -0.2) is 37.7 Å². The second-order valence-electron chi connectivity index (χ2n) is 9.78. The summed E-state index contributed by atoms with van der Waals surface area (Å²) in [6.07, 6.45) is -0.444. The van der Waals surface area contributed by atoms with Gasteiger partial charge in [-0.25, -0.2) is 14.2 Å². The topological polar surface area (TPSA) is 131 Å². The molecule has 1 unspecified atom stereocenters. The minimum absolute atomic E-state index is 0.00546. The maximum absolute atomic E-state index is 14.8. The van der Waals surface area contributed by atoms with Crippen LogP contribution in [0.2, 0.25) is 5.02 Å². The van der Waals surface area contributed by atoms with Crippen molar-refractivity contribution in [3.05, 3.63) is 61.1 Å². The number of amides is 1. The van der Waals surface area contributed by atoms with Gasteiger partial charge in [0, 0.05) is 22.6 Å². The fourth-order valence-electron chi connectivity index (χ4n) is 5.79. The average molecular weight is 528 g/mol. The number of carbonyl (C=O) groups is 2. The number of rotatable bonds is 3. The summed E-state index contributed by atoms with van der Waals surface area (Å²) in [7, 11) is 0. The predicted octanol–water partition coefficient (Wildman–Crippen LogP) is 2.36. The van der Waals surface area contributed by atoms with Crippen LogP contribution in [0.4, 0.5) is 4.39 Å². The highest BCUT2D eigenvalue weighted by Crippen LogP contribution is 2.46. The van der Waals surface area contributed by atoms with Gasteiger partial charge in [0.25, 0.3) is 5.56 Å². The zero-order chi connectivity index (χ0) is 26.4. The van der Waals surface area contributed by atoms with E-state index in [1.54, 1.807) is 13.0 Å². The molecule has 3 atom stereocenters. The average Bonchev–Trinajstić information content (AvgIpc) is 3.24. The number of hydrogen-bond donors (Lipinski definition) is 3. The summed E-state index contributed by atoms with van der Waals surface area (Å²) in [6, 6.07) is 2.27. The van der Waals surface area contributed by atoms with E-state index in [1.165, 1.54) is 17.6 Å². The lowest BCUT2D eigenvalue weighted by Gasteiger charge is -2.31. The maximum atomic E-state index is 14.8. The van der Waals surface area contributed by atoms with Crippen LogP contribution < -0.4 is 10.9 Å². The van der Waals surface area contributed by atoms with Crippen molar-refractivity contribution in [2.24, 2.45) is 0 Å². The minimum atomic E-state index is -1.98. The highest BCUT2D eigenvalue weighted by atomic mass is 35.5. The zero-order valence-corrected chi connectivity index (χ0v) is 20.8. The van der Waals surface area contributed by atoms with Gasteiger partial charge in [-0.15, -0.1) is 0 Å². The van der Waals surface area contributed by atoms with Gasteiger partial charge in [-0.05, 0) is 43.4 Å². The van der Waals surface area contributed by atoms with E-state index in [9.17, 15) is 29.0 Å². The Kier molecular flexibility index (Phi) is 5.24. The number of ether oxygens (including phenoxy) is 1. The van der Waals surface area contributed by atoms with Gasteiger partial charge in [-0.3, -0.25) is 9.59 Å². The summed E-state index contributed by atoms with van der Waals surface area (Å²) in [5, 5.41) is 24.4. The molecule has 0 fully saturated rings. The van der Waals surface area contributed by atoms with Gasteiger partial charge in [0.1, 0.15) is 18.5 Å². The Morgan fingerprint density at radius 2 is 2.11 bits per heavy atom. The Morgan fingerprint density at radius 3 is 2.81 bits per heavy atom. The Labute approximate surface area is 214 Å². The van der Waals surface area contributed by atoms with E-state index in [1.807, 2.05) is 0 Å². The summed E-state index contributed by atoms with van der Waals surface area (Å²) in [5.74, 6) is -2.01. The number of hydrogen-bond acceptors (Lipinski definition) is 7. The van der Waals surface area contributed by atoms with Gasteiger partial charge >= 0.3 is 5.97 Å². The number of cyclic esters (lactones) is 1. The van der Waals surface area contributed by atoms with Gasteiger partial charge in [0.15, 0.2) is 5.60 Å². The molecule has 11 heteroatoms. The van der Waals surface area contributed by atoms with Crippen LogP contribution in [-0.2, 0) is 39.5 Å². The number of benzene rings is 1. The van der Waals surface area contributed by atoms with Crippen LogP contribution in [0.5, 0.6) is 0 Å². The van der Waals surface area contributed by atoms with Gasteiger partial charge in [-0.2, -0.15) is 0 Å². The molecular weight excluding hydrogens is 505 g/mol. The highest BCUT2D eigenvalue weighted by Gasteiger charge is 2.46. The molecule has 4 heterocycles. The number of nitrogens with zero attached hydrogens (tertiary/aromatic N) is 2. The third-order valence-corrected chi connectivity index (χ3v) is 8.15. The maximum Gasteiger partial charge on any atom is 0.343 e. The Bertz CT molecular complexity index is 1620. The first-order valence-electron chi connectivity index (χ1n) is 12.1. The van der Waals surface area contributed by atoms with E-state index in [4.69, 9.17) is 21.3 Å². The molecule has 3 aromatic rings. The fraction of sp³-hybridized carbons (Fsp3) is 0.385. The molecule has 0 spiro atoms. The first-order chi connectivity index (χ1) is 17.6. The van der Waals surface area contributed by atoms with Crippen molar-refractivity contribution in [2.45, 2.75) is 64.0 Å². The lowest BCUT2D eigenvalue weighted by Crippen LogP contribution is -2.44. The summed E-state index contributed by atoms with van der Waals surface area (Å²) < 4.78 is 21.4. The molecule has 0 radical (unpaired) electrons. The normalized spacial score (nSPS) is 22.2. The number of aliphatic hydroxyl groups excluding tert-OH is 1. The van der Waals surface area contributed by atoms with Crippen molar-refractivity contribution in [2.75, 3.05) is 0 Å². The number of aryl methyl sites for hydroxylation is 1. The van der Waals surface area contributed by atoms with E-state index in [-0.39, 0.29) is 35.7 Å². The molecule has 1 aliphatic carbocycles. The number of carbonyl (C=O) groups excluding carboxylic acids is 2. The van der Waals surface area contributed by atoms with E-state index in [0.29, 0.717) is 51.8 Å². The standard InChI is InChI=1S/C26H23ClFN3O6/c1-3-26(36)14-6-18-22-12(8-31(18)24(34)13(14)9-37-25(26)35)20-16(30-23(33)10(2)32)5-4-11-19(20)17(29-22)7-15(28)21(11)27/h6-7,10,16,32,36H,3-5,8-9H2,1-2H3,(H,30,33)/t10?,16-,26-/m0/s1. The van der Waals surface area contributed by atoms with Gasteiger partial charge < -0.3 is 24.8 Å². The lowest BCUT2D eigenvalue weighted by atomic mass is 9.83. The molecule has 192 valence electrons. The molecule has 3 N–H and O–H groups in total. The quantitative estimate of drug-likeness (QED) is 0.349. The lowest BCUT2D eigenvalue weighted by molar-refractivity contribution is -0.172. The van der Waals surface area contributed by atoms with Crippen LogP contribution in [0.1, 0.15) is 60.5 Å². The third kappa shape index (κ3) is 3.22. The molecule has 0 saturated heterocycles. The van der Waals surface area contributed by atoms with Crippen molar-refractivity contribution in [1.29, 1.82) is 0 Å². The fourth-order valence-corrected chi connectivity index (χ4v) is 6.03. The second kappa shape index (κ2) is 8.08. The summed E-state index contributed by atoms with van der Waals surface area (Å²) in [6.45, 7) is 2.84. The van der Waals surface area contributed by atoms with Crippen LogP contribution in [0.25, 0.3) is 22.3 Å². The van der Waals surface area contributed by atoms with Gasteiger partial charge in [0.2, 0.25) is 5.91 Å². The number of aliphatic hydroxyl groups is 2. The van der Waals surface area contributed by atoms with Crippen molar-refractivity contribution in [1.82, 2.24) is 14.9 Å². The predicted molar refractivity (Wildman–Crippen MR) is 130 cm³/mol. The molecule has 37 heavy (non-hydrogen) atoms. The molecule has 2 aliphatic heterocycles. The van der Waals surface area contributed by atoms with E-state index in [2.05, 4.69) is 5.32 Å². The molecule has 3 aliphatic rings. The molecule has 1 aromatic carbocycles. The number of pyridine rings is 2. The highest BCUT2D eigenvalue weighted by molar-refractivity contribution is 6.32. The zero-order valence-electron chi connectivity index (χ0n) is 20.0. The van der Waals surface area contributed by atoms with Gasteiger partial charge in [0.05, 0.1) is 40.1 Å². The second-order valence-corrected chi connectivity index (χ2v) is 10.2. The number of esters is 1. The third-order valence-electron chi connectivity index (χ3n) is 7.74. The smallest absolute Gasteiger partial charge is 0.343 e. The summed E-state index contributed by atoms with van der Waals surface area (Å²) in [4.78, 5) is 43.2. The van der Waals surface area contributed by atoms with E-state index in [0.717, 1.165) is 0 Å². The minimum Gasteiger partial charge on any atom is -0.458 e. The van der Waals surface area contributed by atoms with Crippen molar-refractivity contribution in [3.8, 4) is 11.4 Å². The van der Waals surface area contributed by atoms with Gasteiger partial charge in [-0.1, -0.05) is 18.5 Å². The van der Waals surface area contributed by atoms with Crippen LogP contribution in [0.3, 0.4) is 0 Å². The SMILES string of the molecule is CC[C@@]1(O)C(=O)OCc2c1cc1n(c2=O)Cc2c-1nc1cc(F)c(Cl)c3c1c2[C@@H](NC(=O)C(C)O)CC3. The summed E-state index contributed by atoms with van der Waals surface area (Å²) in [5.41, 5.74) is 0.932. The Hall–Kier alpha value is -3.34. The first kappa shape index (κ1) is 24.0.